The first-order chi connectivity index (χ1) is 9.37. The number of rotatable bonds is 2. The lowest BCUT2D eigenvalue weighted by Crippen LogP contribution is -2.49. The average molecular weight is 273 g/mol. The molecule has 0 aromatic heterocycles. The fourth-order valence-electron chi connectivity index (χ4n) is 5.15. The van der Waals surface area contributed by atoms with Crippen molar-refractivity contribution in [2.75, 3.05) is 0 Å². The quantitative estimate of drug-likeness (QED) is 0.808. The molecule has 2 unspecified atom stereocenters. The predicted octanol–water partition coefficient (Wildman–Crippen LogP) is 4.11. The van der Waals surface area contributed by atoms with Crippen LogP contribution in [0.25, 0.3) is 0 Å². The number of hydrogen-bond acceptors (Lipinski definition) is 1. The van der Waals surface area contributed by atoms with Crippen LogP contribution >= 0.6 is 0 Å². The van der Waals surface area contributed by atoms with E-state index >= 15 is 0 Å². The Labute approximate surface area is 122 Å². The largest absolute Gasteiger partial charge is 0.369 e. The molecule has 0 radical (unpaired) electrons. The third kappa shape index (κ3) is 1.48. The summed E-state index contributed by atoms with van der Waals surface area (Å²) in [4.78, 5) is 12.6. The van der Waals surface area contributed by atoms with E-state index in [1.807, 2.05) is 0 Å². The predicted molar refractivity (Wildman–Crippen MR) is 82.0 cm³/mol. The van der Waals surface area contributed by atoms with Gasteiger partial charge in [-0.05, 0) is 74.5 Å². The summed E-state index contributed by atoms with van der Waals surface area (Å²) in [6.45, 7) is 8.88. The second-order valence-electron chi connectivity index (χ2n) is 7.33. The van der Waals surface area contributed by atoms with Crippen LogP contribution < -0.4 is 5.73 Å². The van der Waals surface area contributed by atoms with Crippen molar-refractivity contribution in [3.05, 3.63) is 22.3 Å². The Bertz CT molecular complexity index is 536. The van der Waals surface area contributed by atoms with Crippen molar-refractivity contribution >= 4 is 5.91 Å². The van der Waals surface area contributed by atoms with Gasteiger partial charge in [0.2, 0.25) is 5.91 Å². The Hall–Kier alpha value is -1.05. The van der Waals surface area contributed by atoms with Crippen LogP contribution in [0.5, 0.6) is 0 Å². The van der Waals surface area contributed by atoms with E-state index in [9.17, 15) is 4.79 Å². The summed E-state index contributed by atoms with van der Waals surface area (Å²) >= 11 is 0. The molecule has 0 aliphatic heterocycles. The van der Waals surface area contributed by atoms with Gasteiger partial charge in [-0.25, -0.2) is 0 Å². The highest BCUT2D eigenvalue weighted by molar-refractivity contribution is 5.87. The molecule has 3 rings (SSSR count). The lowest BCUT2D eigenvalue weighted by molar-refractivity contribution is -0.131. The molecule has 2 heteroatoms. The highest BCUT2D eigenvalue weighted by atomic mass is 16.1. The molecule has 2 saturated carbocycles. The molecule has 0 heterocycles. The molecule has 0 bridgehead atoms. The SMILES string of the molecule is CC1=C(C)C(C)C(C2(C(N)=O)CCCCC23CC3)=C1C. The van der Waals surface area contributed by atoms with Gasteiger partial charge in [-0.2, -0.15) is 0 Å². The van der Waals surface area contributed by atoms with Crippen LogP contribution in [-0.2, 0) is 4.79 Å². The molecule has 0 aromatic rings. The molecule has 0 saturated heterocycles. The fraction of sp³-hybridized carbons (Fsp3) is 0.722. The van der Waals surface area contributed by atoms with E-state index in [4.69, 9.17) is 5.73 Å². The number of allylic oxidation sites excluding steroid dienone is 3. The lowest BCUT2D eigenvalue weighted by atomic mass is 9.56. The smallest absolute Gasteiger partial charge is 0.228 e. The first-order valence-electron chi connectivity index (χ1n) is 8.06. The van der Waals surface area contributed by atoms with E-state index in [0.29, 0.717) is 5.92 Å². The molecule has 2 nitrogen and oxygen atoms in total. The molecule has 2 fully saturated rings. The molecule has 2 atom stereocenters. The van der Waals surface area contributed by atoms with Gasteiger partial charge in [0.25, 0.3) is 0 Å². The van der Waals surface area contributed by atoms with Crippen molar-refractivity contribution in [3.8, 4) is 0 Å². The average Bonchev–Trinajstić information content (AvgIpc) is 3.15. The van der Waals surface area contributed by atoms with Crippen molar-refractivity contribution in [2.24, 2.45) is 22.5 Å². The fourth-order valence-corrected chi connectivity index (χ4v) is 5.15. The van der Waals surface area contributed by atoms with Gasteiger partial charge < -0.3 is 5.73 Å². The van der Waals surface area contributed by atoms with Crippen LogP contribution in [0.4, 0.5) is 0 Å². The molecule has 1 amide bonds. The summed E-state index contributed by atoms with van der Waals surface area (Å²) in [6, 6.07) is 0. The van der Waals surface area contributed by atoms with E-state index in [-0.39, 0.29) is 16.7 Å². The maximum atomic E-state index is 12.6. The van der Waals surface area contributed by atoms with Gasteiger partial charge in [-0.3, -0.25) is 4.79 Å². The second kappa shape index (κ2) is 4.22. The third-order valence-corrected chi connectivity index (χ3v) is 6.74. The Morgan fingerprint density at radius 1 is 1.05 bits per heavy atom. The molecular formula is C18H27NO. The summed E-state index contributed by atoms with van der Waals surface area (Å²) in [5.41, 5.74) is 11.4. The maximum absolute atomic E-state index is 12.6. The minimum atomic E-state index is -0.353. The normalized spacial score (nSPS) is 35.9. The Morgan fingerprint density at radius 2 is 1.65 bits per heavy atom. The van der Waals surface area contributed by atoms with Gasteiger partial charge in [0.05, 0.1) is 5.41 Å². The zero-order chi connectivity index (χ0) is 14.7. The number of carbonyl (C=O) groups is 1. The third-order valence-electron chi connectivity index (χ3n) is 6.74. The summed E-state index contributed by atoms with van der Waals surface area (Å²) in [5, 5.41) is 0. The van der Waals surface area contributed by atoms with Crippen molar-refractivity contribution in [2.45, 2.75) is 66.2 Å². The van der Waals surface area contributed by atoms with Gasteiger partial charge >= 0.3 is 0 Å². The van der Waals surface area contributed by atoms with Crippen LogP contribution in [0.1, 0.15) is 66.2 Å². The van der Waals surface area contributed by atoms with Crippen LogP contribution in [-0.4, -0.2) is 5.91 Å². The van der Waals surface area contributed by atoms with Crippen LogP contribution in [0.2, 0.25) is 0 Å². The van der Waals surface area contributed by atoms with Crippen molar-refractivity contribution in [1.29, 1.82) is 0 Å². The maximum Gasteiger partial charge on any atom is 0.228 e. The van der Waals surface area contributed by atoms with Gasteiger partial charge in [0.1, 0.15) is 0 Å². The van der Waals surface area contributed by atoms with Gasteiger partial charge in [-0.15, -0.1) is 0 Å². The number of carbonyl (C=O) groups excluding carboxylic acids is 1. The van der Waals surface area contributed by atoms with Crippen molar-refractivity contribution in [1.82, 2.24) is 0 Å². The molecule has 20 heavy (non-hydrogen) atoms. The van der Waals surface area contributed by atoms with Crippen LogP contribution in [0.15, 0.2) is 22.3 Å². The first kappa shape index (κ1) is 13.9. The zero-order valence-corrected chi connectivity index (χ0v) is 13.3. The molecule has 3 aliphatic carbocycles. The molecule has 110 valence electrons. The molecular weight excluding hydrogens is 246 g/mol. The van der Waals surface area contributed by atoms with E-state index in [2.05, 4.69) is 27.7 Å². The monoisotopic (exact) mass is 273 g/mol. The summed E-state index contributed by atoms with van der Waals surface area (Å²) in [6.07, 6.45) is 6.96. The highest BCUT2D eigenvalue weighted by Crippen LogP contribution is 2.70. The van der Waals surface area contributed by atoms with Crippen LogP contribution in [0, 0.1) is 16.7 Å². The second-order valence-corrected chi connectivity index (χ2v) is 7.33. The zero-order valence-electron chi connectivity index (χ0n) is 13.3. The van der Waals surface area contributed by atoms with Gasteiger partial charge in [-0.1, -0.05) is 25.3 Å². The number of amides is 1. The van der Waals surface area contributed by atoms with Gasteiger partial charge in [0.15, 0.2) is 0 Å². The standard InChI is InChI=1S/C18H27NO/c1-11-12(2)14(4)15(13(11)3)18(16(19)20)8-6-5-7-17(18)9-10-17/h13H,5-10H2,1-4H3,(H2,19,20). The van der Waals surface area contributed by atoms with E-state index in [1.54, 1.807) is 0 Å². The van der Waals surface area contributed by atoms with E-state index in [1.165, 1.54) is 48.0 Å². The Morgan fingerprint density at radius 3 is 2.10 bits per heavy atom. The van der Waals surface area contributed by atoms with E-state index < -0.39 is 0 Å². The number of hydrogen-bond donors (Lipinski definition) is 1. The minimum Gasteiger partial charge on any atom is -0.369 e. The molecule has 1 spiro atoms. The summed E-state index contributed by atoms with van der Waals surface area (Å²) in [5.74, 6) is 0.330. The van der Waals surface area contributed by atoms with Crippen molar-refractivity contribution in [3.63, 3.8) is 0 Å². The Kier molecular flexibility index (Phi) is 2.94. The minimum absolute atomic E-state index is 0.0570. The van der Waals surface area contributed by atoms with E-state index in [0.717, 1.165) is 12.8 Å². The van der Waals surface area contributed by atoms with Gasteiger partial charge in [0, 0.05) is 0 Å². The number of primary amides is 1. The molecule has 3 aliphatic rings. The number of nitrogens with two attached hydrogens (primary N) is 1. The first-order valence-corrected chi connectivity index (χ1v) is 8.06. The van der Waals surface area contributed by atoms with Crippen LogP contribution in [0.3, 0.4) is 0 Å². The molecule has 0 aromatic carbocycles. The highest BCUT2D eigenvalue weighted by Gasteiger charge is 2.65. The summed E-state index contributed by atoms with van der Waals surface area (Å²) in [7, 11) is 0. The summed E-state index contributed by atoms with van der Waals surface area (Å²) < 4.78 is 0. The topological polar surface area (TPSA) is 43.1 Å². The molecule has 2 N–H and O–H groups in total. The lowest BCUT2D eigenvalue weighted by Gasteiger charge is -2.46. The van der Waals surface area contributed by atoms with Crippen molar-refractivity contribution < 1.29 is 4.79 Å². The Balaban J connectivity index is 2.17.